The Labute approximate surface area is 262 Å². The van der Waals surface area contributed by atoms with Crippen LogP contribution in [-0.4, -0.2) is 0 Å². The molecule has 0 atom stereocenters. The summed E-state index contributed by atoms with van der Waals surface area (Å²) in [6, 6.07) is 25.2. The topological polar surface area (TPSA) is 6.48 Å². The number of hydrogen-bond donors (Lipinski definition) is 0. The van der Waals surface area contributed by atoms with Crippen molar-refractivity contribution in [3.63, 3.8) is 0 Å². The minimum atomic E-state index is -0.474. The van der Waals surface area contributed by atoms with E-state index in [0.717, 1.165) is 22.3 Å². The number of nitrogens with zero attached hydrogens (tertiary/aromatic N) is 2. The van der Waals surface area contributed by atoms with E-state index in [1.165, 1.54) is 0 Å². The monoisotopic (exact) mass is 550 g/mol. The maximum absolute atomic E-state index is 8.69. The molecule has 6 aromatic carbocycles. The van der Waals surface area contributed by atoms with Crippen LogP contribution in [0.5, 0.6) is 0 Å². The summed E-state index contributed by atoms with van der Waals surface area (Å²) >= 11 is 0. The van der Waals surface area contributed by atoms with E-state index in [0.29, 0.717) is 22.7 Å². The molecule has 0 amide bonds. The van der Waals surface area contributed by atoms with Crippen molar-refractivity contribution in [1.82, 2.24) is 0 Å². The molecule has 0 spiro atoms. The molecule has 0 aliphatic rings. The molecule has 0 radical (unpaired) electrons. The van der Waals surface area contributed by atoms with Gasteiger partial charge in [-0.15, -0.1) is 0 Å². The first-order valence-corrected chi connectivity index (χ1v) is 13.3. The Morgan fingerprint density at radius 2 is 0.667 bits per heavy atom. The molecule has 0 N–H and O–H groups in total. The van der Waals surface area contributed by atoms with E-state index in [9.17, 15) is 0 Å². The molecule has 0 saturated carbocycles. The molecule has 0 saturated heterocycles. The Morgan fingerprint density at radius 3 is 0.952 bits per heavy atom. The Morgan fingerprint density at radius 1 is 0.381 bits per heavy atom. The van der Waals surface area contributed by atoms with Crippen molar-refractivity contribution in [3.05, 3.63) is 182 Å². The predicted molar refractivity (Wildman–Crippen MR) is 181 cm³/mol. The molecule has 202 valence electrons. The number of benzene rings is 6. The first kappa shape index (κ1) is 17.3. The molecule has 6 rings (SSSR count). The number of rotatable bonds is 9. The first-order valence-electron chi connectivity index (χ1n) is 18.3. The molecule has 2 nitrogen and oxygen atoms in total. The second-order valence-electron chi connectivity index (χ2n) is 9.30. The molecular weight excluding hydrogens is 508 g/mol. The lowest BCUT2D eigenvalue weighted by atomic mass is 10.0. The van der Waals surface area contributed by atoms with Crippen LogP contribution in [0.15, 0.2) is 171 Å². The molecular formula is C40H32N2. The van der Waals surface area contributed by atoms with Crippen molar-refractivity contribution in [2.75, 3.05) is 9.80 Å². The van der Waals surface area contributed by atoms with Gasteiger partial charge in [0, 0.05) is 34.1 Å². The average Bonchev–Trinajstić information content (AvgIpc) is 3.18. The smallest absolute Gasteiger partial charge is 0.0645 e. The van der Waals surface area contributed by atoms with Crippen LogP contribution in [0.1, 0.15) is 24.8 Å². The van der Waals surface area contributed by atoms with Gasteiger partial charge in [-0.2, -0.15) is 0 Å². The molecule has 0 fully saturated rings. The number of para-hydroxylation sites is 2. The highest BCUT2D eigenvalue weighted by Crippen LogP contribution is 2.38. The van der Waals surface area contributed by atoms with Crippen LogP contribution in [0.2, 0.25) is 0 Å². The third kappa shape index (κ3) is 5.65. The van der Waals surface area contributed by atoms with E-state index in [1.807, 2.05) is 72.8 Å². The zero-order chi connectivity index (χ0) is 37.4. The molecule has 0 aliphatic carbocycles. The zero-order valence-electron chi connectivity index (χ0n) is 32.7. The standard InChI is InChI=1S/C40H32N2/c1-3-31-15-23-37(24-16-31)41(35-11-7-5-8-12-35)39-27-19-33(20-28-39)34-21-29-40(30-22-34)42(36-13-9-6-10-14-36)38-25-17-32(4-2)18-26-38/h3-30H,1-2H2/i5D,6D,7D,8D,9D,10D,11D,12D,13D,14D. The summed E-state index contributed by atoms with van der Waals surface area (Å²) in [5.41, 5.74) is 5.73. The Bertz CT molecular complexity index is 2100. The van der Waals surface area contributed by atoms with Gasteiger partial charge in [0.05, 0.1) is 13.7 Å². The van der Waals surface area contributed by atoms with Gasteiger partial charge in [0.25, 0.3) is 0 Å². The van der Waals surface area contributed by atoms with Crippen LogP contribution in [0, 0.1) is 0 Å². The molecule has 0 unspecified atom stereocenters. The third-order valence-electron chi connectivity index (χ3n) is 6.78. The van der Waals surface area contributed by atoms with Gasteiger partial charge in [-0.25, -0.2) is 0 Å². The normalized spacial score (nSPS) is 13.9. The van der Waals surface area contributed by atoms with E-state index >= 15 is 0 Å². The summed E-state index contributed by atoms with van der Waals surface area (Å²) in [4.78, 5) is 3.27. The van der Waals surface area contributed by atoms with Crippen molar-refractivity contribution in [1.29, 1.82) is 0 Å². The molecule has 0 heterocycles. The van der Waals surface area contributed by atoms with Gasteiger partial charge in [-0.3, -0.25) is 0 Å². The number of hydrogen-bond acceptors (Lipinski definition) is 2. The van der Waals surface area contributed by atoms with Crippen LogP contribution in [0.3, 0.4) is 0 Å². The third-order valence-corrected chi connectivity index (χ3v) is 6.78. The Kier molecular flexibility index (Phi) is 5.05. The fourth-order valence-electron chi connectivity index (χ4n) is 4.65. The highest BCUT2D eigenvalue weighted by molar-refractivity contribution is 5.81. The zero-order valence-corrected chi connectivity index (χ0v) is 22.7. The molecule has 0 aliphatic heterocycles. The highest BCUT2D eigenvalue weighted by atomic mass is 15.1. The van der Waals surface area contributed by atoms with E-state index in [-0.39, 0.29) is 35.5 Å². The second kappa shape index (κ2) is 12.3. The lowest BCUT2D eigenvalue weighted by Crippen LogP contribution is -2.10. The Hall–Kier alpha value is -5.60. The van der Waals surface area contributed by atoms with Crippen LogP contribution < -0.4 is 9.80 Å². The van der Waals surface area contributed by atoms with Crippen molar-refractivity contribution < 1.29 is 13.7 Å². The van der Waals surface area contributed by atoms with Crippen LogP contribution in [0.4, 0.5) is 34.1 Å². The average molecular weight is 551 g/mol. The van der Waals surface area contributed by atoms with Gasteiger partial charge < -0.3 is 9.80 Å². The van der Waals surface area contributed by atoms with Crippen molar-refractivity contribution in [2.24, 2.45) is 0 Å². The largest absolute Gasteiger partial charge is 0.311 e. The summed E-state index contributed by atoms with van der Waals surface area (Å²) in [5, 5.41) is 0. The first-order chi connectivity index (χ1) is 24.9. The van der Waals surface area contributed by atoms with Gasteiger partial charge in [0.2, 0.25) is 0 Å². The number of anilines is 6. The van der Waals surface area contributed by atoms with Crippen molar-refractivity contribution in [3.8, 4) is 11.1 Å². The lowest BCUT2D eigenvalue weighted by molar-refractivity contribution is 1.28. The maximum atomic E-state index is 8.69. The minimum absolute atomic E-state index is 0.0170. The highest BCUT2D eigenvalue weighted by Gasteiger charge is 2.14. The van der Waals surface area contributed by atoms with E-state index in [4.69, 9.17) is 13.7 Å². The maximum Gasteiger partial charge on any atom is 0.0645 e. The fraction of sp³-hybridized carbons (Fsp3) is 0. The summed E-state index contributed by atoms with van der Waals surface area (Å²) < 4.78 is 84.1. The van der Waals surface area contributed by atoms with Crippen LogP contribution in [0.25, 0.3) is 23.3 Å². The van der Waals surface area contributed by atoms with E-state index in [2.05, 4.69) is 13.2 Å². The SMILES string of the molecule is [2H]c1c([2H])c([2H])c(N(c2ccc(C=C)cc2)c2ccc(-c3ccc(N(c4ccc(C=C)cc4)c4c([2H])c([2H])c([2H])c([2H])c4[2H])cc3)cc2)c([2H])c1[2H]. The van der Waals surface area contributed by atoms with Crippen molar-refractivity contribution in [2.45, 2.75) is 0 Å². The molecule has 42 heavy (non-hydrogen) atoms. The molecule has 0 bridgehead atoms. The summed E-state index contributed by atoms with van der Waals surface area (Å²) in [6.07, 6.45) is 3.39. The van der Waals surface area contributed by atoms with Crippen LogP contribution in [-0.2, 0) is 0 Å². The van der Waals surface area contributed by atoms with Gasteiger partial charge >= 0.3 is 0 Å². The quantitative estimate of drug-likeness (QED) is 0.177. The second-order valence-corrected chi connectivity index (χ2v) is 9.30. The van der Waals surface area contributed by atoms with Crippen LogP contribution >= 0.6 is 0 Å². The minimum Gasteiger partial charge on any atom is -0.311 e. The van der Waals surface area contributed by atoms with E-state index in [1.54, 1.807) is 46.2 Å². The summed E-state index contributed by atoms with van der Waals surface area (Å²) in [6.45, 7) is 7.61. The predicted octanol–water partition coefficient (Wildman–Crippen LogP) is 11.6. The van der Waals surface area contributed by atoms with E-state index < -0.39 is 36.3 Å². The Balaban J connectivity index is 1.42. The molecule has 0 aromatic heterocycles. The fourth-order valence-corrected chi connectivity index (χ4v) is 4.65. The molecule has 6 aromatic rings. The van der Waals surface area contributed by atoms with Gasteiger partial charge in [-0.05, 0) is 95.0 Å². The molecule has 2 heteroatoms. The van der Waals surface area contributed by atoms with Crippen molar-refractivity contribution >= 4 is 46.3 Å². The lowest BCUT2D eigenvalue weighted by Gasteiger charge is -2.26. The van der Waals surface area contributed by atoms with Gasteiger partial charge in [0.15, 0.2) is 0 Å². The van der Waals surface area contributed by atoms with Gasteiger partial charge in [-0.1, -0.05) is 110 Å². The van der Waals surface area contributed by atoms with Gasteiger partial charge in [0.1, 0.15) is 0 Å². The summed E-state index contributed by atoms with van der Waals surface area (Å²) in [7, 11) is 0. The summed E-state index contributed by atoms with van der Waals surface area (Å²) in [5.74, 6) is 0.